The Morgan fingerprint density at radius 2 is 1.85 bits per heavy atom. The van der Waals surface area contributed by atoms with Crippen LogP contribution in [0.2, 0.25) is 0 Å². The van der Waals surface area contributed by atoms with Gasteiger partial charge in [-0.2, -0.15) is 4.98 Å². The van der Waals surface area contributed by atoms with Crippen molar-refractivity contribution in [2.45, 2.75) is 18.8 Å². The van der Waals surface area contributed by atoms with Crippen molar-refractivity contribution in [1.29, 1.82) is 0 Å². The van der Waals surface area contributed by atoms with E-state index in [1.807, 2.05) is 23.1 Å². The molecule has 0 unspecified atom stereocenters. The van der Waals surface area contributed by atoms with Crippen molar-refractivity contribution in [3.63, 3.8) is 0 Å². The molecule has 6 rings (SSSR count). The first-order valence-electron chi connectivity index (χ1n) is 11.3. The minimum Gasteiger partial charge on any atom is -0.366 e. The Hall–Kier alpha value is -4.08. The summed E-state index contributed by atoms with van der Waals surface area (Å²) in [5.41, 5.74) is 1.65. The molecule has 172 valence electrons. The topological polar surface area (TPSA) is 93.2 Å². The van der Waals surface area contributed by atoms with Crippen molar-refractivity contribution in [2.24, 2.45) is 0 Å². The number of pyridine rings is 1. The molecule has 1 aliphatic carbocycles. The van der Waals surface area contributed by atoms with Crippen LogP contribution in [-0.4, -0.2) is 61.7 Å². The fourth-order valence-electron chi connectivity index (χ4n) is 4.10. The van der Waals surface area contributed by atoms with E-state index in [0.717, 1.165) is 24.2 Å². The largest absolute Gasteiger partial charge is 0.366 e. The Balaban J connectivity index is 1.11. The Morgan fingerprint density at radius 3 is 2.59 bits per heavy atom. The molecular weight excluding hydrogens is 437 g/mol. The predicted octanol–water partition coefficient (Wildman–Crippen LogP) is 3.30. The van der Waals surface area contributed by atoms with Gasteiger partial charge in [0.2, 0.25) is 0 Å². The smallest absolute Gasteiger partial charge is 0.274 e. The molecule has 1 amide bonds. The maximum atomic E-state index is 14.1. The van der Waals surface area contributed by atoms with Crippen molar-refractivity contribution >= 4 is 11.6 Å². The van der Waals surface area contributed by atoms with E-state index in [0.29, 0.717) is 55.2 Å². The molecule has 4 heterocycles. The summed E-state index contributed by atoms with van der Waals surface area (Å²) < 4.78 is 21.1. The van der Waals surface area contributed by atoms with Crippen LogP contribution in [0.5, 0.6) is 0 Å². The first-order valence-corrected chi connectivity index (χ1v) is 11.3. The number of hydrogen-bond donors (Lipinski definition) is 0. The molecule has 2 fully saturated rings. The van der Waals surface area contributed by atoms with Crippen LogP contribution >= 0.6 is 0 Å². The molecule has 0 spiro atoms. The molecule has 0 atom stereocenters. The van der Waals surface area contributed by atoms with Crippen molar-refractivity contribution in [3.05, 3.63) is 72.5 Å². The molecule has 1 aromatic carbocycles. The second-order valence-corrected chi connectivity index (χ2v) is 8.53. The molecule has 0 bridgehead atoms. The van der Waals surface area contributed by atoms with Gasteiger partial charge >= 0.3 is 0 Å². The number of benzene rings is 1. The zero-order chi connectivity index (χ0) is 23.1. The van der Waals surface area contributed by atoms with Gasteiger partial charge in [-0.25, -0.2) is 14.4 Å². The molecule has 34 heavy (non-hydrogen) atoms. The molecule has 4 aromatic rings. The van der Waals surface area contributed by atoms with E-state index in [1.165, 1.54) is 6.07 Å². The lowest BCUT2D eigenvalue weighted by Gasteiger charge is -2.35. The number of halogens is 1. The fraction of sp³-hybridized carbons (Fsp3) is 0.292. The maximum Gasteiger partial charge on any atom is 0.274 e. The third-order valence-electron chi connectivity index (χ3n) is 6.21. The fourth-order valence-corrected chi connectivity index (χ4v) is 4.10. The lowest BCUT2D eigenvalue weighted by molar-refractivity contribution is 0.0741. The second kappa shape index (κ2) is 8.36. The molecule has 1 saturated heterocycles. The number of imidazole rings is 1. The SMILES string of the molecule is O=C(c1cn(-c2ccc(-c3nc(C4CC4)no3)cn2)cn1)N1CCN(c2ccccc2F)CC1. The minimum absolute atomic E-state index is 0.151. The van der Waals surface area contributed by atoms with E-state index < -0.39 is 0 Å². The van der Waals surface area contributed by atoms with Gasteiger partial charge < -0.3 is 14.3 Å². The highest BCUT2D eigenvalue weighted by atomic mass is 19.1. The highest BCUT2D eigenvalue weighted by Crippen LogP contribution is 2.38. The van der Waals surface area contributed by atoms with E-state index in [-0.39, 0.29) is 11.7 Å². The summed E-state index contributed by atoms with van der Waals surface area (Å²) >= 11 is 0. The summed E-state index contributed by atoms with van der Waals surface area (Å²) in [6.07, 6.45) is 7.13. The summed E-state index contributed by atoms with van der Waals surface area (Å²) in [5, 5.41) is 4.04. The summed E-state index contributed by atoms with van der Waals surface area (Å²) in [6.45, 7) is 2.13. The number of nitrogens with zero attached hydrogens (tertiary/aromatic N) is 7. The first-order chi connectivity index (χ1) is 16.7. The highest BCUT2D eigenvalue weighted by Gasteiger charge is 2.29. The number of rotatable bonds is 5. The van der Waals surface area contributed by atoms with Gasteiger partial charge in [0.15, 0.2) is 5.82 Å². The quantitative estimate of drug-likeness (QED) is 0.452. The average Bonchev–Trinajstić information content (AvgIpc) is 3.40. The number of aromatic nitrogens is 5. The molecule has 1 aliphatic heterocycles. The van der Waals surface area contributed by atoms with Crippen LogP contribution in [0.25, 0.3) is 17.3 Å². The van der Waals surface area contributed by atoms with E-state index in [2.05, 4.69) is 20.1 Å². The van der Waals surface area contributed by atoms with E-state index in [4.69, 9.17) is 4.52 Å². The monoisotopic (exact) mass is 459 g/mol. The van der Waals surface area contributed by atoms with Gasteiger partial charge in [-0.1, -0.05) is 17.3 Å². The van der Waals surface area contributed by atoms with Gasteiger partial charge in [-0.3, -0.25) is 9.36 Å². The normalized spacial score (nSPS) is 16.1. The van der Waals surface area contributed by atoms with Crippen LogP contribution in [0, 0.1) is 5.82 Å². The molecule has 0 N–H and O–H groups in total. The molecule has 10 heteroatoms. The van der Waals surface area contributed by atoms with Crippen LogP contribution < -0.4 is 4.90 Å². The summed E-state index contributed by atoms with van der Waals surface area (Å²) in [7, 11) is 0. The molecule has 9 nitrogen and oxygen atoms in total. The van der Waals surface area contributed by atoms with Gasteiger partial charge in [0, 0.05) is 44.5 Å². The Bertz CT molecular complexity index is 1320. The number of carbonyl (C=O) groups is 1. The third kappa shape index (κ3) is 3.91. The number of para-hydroxylation sites is 1. The lowest BCUT2D eigenvalue weighted by atomic mass is 10.2. The average molecular weight is 459 g/mol. The zero-order valence-corrected chi connectivity index (χ0v) is 18.3. The highest BCUT2D eigenvalue weighted by molar-refractivity contribution is 5.92. The Kier molecular flexibility index (Phi) is 5.05. The number of carbonyl (C=O) groups excluding carboxylic acids is 1. The standard InChI is InChI=1S/C24H22FN7O2/c25-18-3-1-2-4-20(18)30-9-11-31(12-10-30)24(33)19-14-32(15-27-19)21-8-7-17(13-26-21)23-28-22(29-34-23)16-5-6-16/h1-4,7-8,13-16H,5-6,9-12H2. The first kappa shape index (κ1) is 20.5. The summed E-state index contributed by atoms with van der Waals surface area (Å²) in [5.74, 6) is 1.86. The lowest BCUT2D eigenvalue weighted by Crippen LogP contribution is -2.49. The van der Waals surface area contributed by atoms with Gasteiger partial charge in [-0.05, 0) is 37.1 Å². The van der Waals surface area contributed by atoms with Gasteiger partial charge in [0.1, 0.15) is 23.7 Å². The second-order valence-electron chi connectivity index (χ2n) is 8.53. The van der Waals surface area contributed by atoms with Gasteiger partial charge in [-0.15, -0.1) is 0 Å². The van der Waals surface area contributed by atoms with Crippen molar-refractivity contribution in [1.82, 2.24) is 29.6 Å². The van der Waals surface area contributed by atoms with E-state index in [1.54, 1.807) is 40.3 Å². The molecule has 1 saturated carbocycles. The number of hydrogen-bond acceptors (Lipinski definition) is 7. The maximum absolute atomic E-state index is 14.1. The van der Waals surface area contributed by atoms with Crippen molar-refractivity contribution in [2.75, 3.05) is 31.1 Å². The number of amides is 1. The molecule has 3 aromatic heterocycles. The van der Waals surface area contributed by atoms with E-state index >= 15 is 0 Å². The number of anilines is 1. The van der Waals surface area contributed by atoms with Crippen LogP contribution in [-0.2, 0) is 0 Å². The summed E-state index contributed by atoms with van der Waals surface area (Å²) in [6, 6.07) is 10.4. The minimum atomic E-state index is -0.248. The molecule has 2 aliphatic rings. The van der Waals surface area contributed by atoms with Crippen LogP contribution in [0.1, 0.15) is 35.1 Å². The molecule has 0 radical (unpaired) electrons. The van der Waals surface area contributed by atoms with Crippen molar-refractivity contribution < 1.29 is 13.7 Å². The number of piperazine rings is 1. The van der Waals surface area contributed by atoms with Crippen LogP contribution in [0.4, 0.5) is 10.1 Å². The van der Waals surface area contributed by atoms with Crippen LogP contribution in [0.3, 0.4) is 0 Å². The third-order valence-corrected chi connectivity index (χ3v) is 6.21. The van der Waals surface area contributed by atoms with Crippen molar-refractivity contribution in [3.8, 4) is 17.3 Å². The summed E-state index contributed by atoms with van der Waals surface area (Å²) in [4.78, 5) is 29.9. The predicted molar refractivity (Wildman–Crippen MR) is 121 cm³/mol. The zero-order valence-electron chi connectivity index (χ0n) is 18.3. The Labute approximate surface area is 194 Å². The van der Waals surface area contributed by atoms with Crippen LogP contribution in [0.15, 0.2) is 59.6 Å². The van der Waals surface area contributed by atoms with E-state index in [9.17, 15) is 9.18 Å². The molecular formula is C24H22FN7O2. The van der Waals surface area contributed by atoms with Gasteiger partial charge in [0.05, 0.1) is 11.3 Å². The van der Waals surface area contributed by atoms with Gasteiger partial charge in [0.25, 0.3) is 11.8 Å². The Morgan fingerprint density at radius 1 is 1.03 bits per heavy atom.